The third kappa shape index (κ3) is 3.67. The van der Waals surface area contributed by atoms with Crippen LogP contribution >= 0.6 is 11.6 Å². The van der Waals surface area contributed by atoms with Crippen LogP contribution in [0.2, 0.25) is 5.02 Å². The molecule has 3 heterocycles. The normalized spacial score (nSPS) is 11.5. The molecule has 0 bridgehead atoms. The van der Waals surface area contributed by atoms with Crippen LogP contribution in [0.15, 0.2) is 53.8 Å². The summed E-state index contributed by atoms with van der Waals surface area (Å²) in [5.41, 5.74) is 1.26. The minimum absolute atomic E-state index is 0.0188. The van der Waals surface area contributed by atoms with Gasteiger partial charge in [-0.15, -0.1) is 0 Å². The molecule has 146 valence electrons. The number of hydrogen-bond donors (Lipinski definition) is 2. The van der Waals surface area contributed by atoms with E-state index in [0.29, 0.717) is 21.7 Å². The molecule has 0 atom stereocenters. The lowest BCUT2D eigenvalue weighted by Gasteiger charge is -2.09. The molecule has 2 N–H and O–H groups in total. The van der Waals surface area contributed by atoms with Crippen LogP contribution in [0, 0.1) is 0 Å². The maximum absolute atomic E-state index is 12.6. The Morgan fingerprint density at radius 3 is 2.55 bits per heavy atom. The zero-order chi connectivity index (χ0) is 20.6. The molecule has 0 unspecified atom stereocenters. The van der Waals surface area contributed by atoms with Gasteiger partial charge in [-0.2, -0.15) is 15.1 Å². The number of aromatic amines is 1. The van der Waals surface area contributed by atoms with Gasteiger partial charge in [-0.1, -0.05) is 35.9 Å². The van der Waals surface area contributed by atoms with E-state index < -0.39 is 20.9 Å². The number of carbonyl (C=O) groups excluding carboxylic acids is 1. The average Bonchev–Trinajstić information content (AvgIpc) is 3.12. The minimum Gasteiger partial charge on any atom is -0.304 e. The Bertz CT molecular complexity index is 1340. The standard InChI is InChI=1S/C18H13ClN6O3S/c1-29(27,28)18-22-15(21-17(26)12-8-4-5-9-20-12)13-14(24-25-16(13)23-18)10-6-2-3-7-11(10)19/h2-9H,1H3,(H2,21,22,23,24,25,26). The second-order valence-corrected chi connectivity index (χ2v) is 8.39. The summed E-state index contributed by atoms with van der Waals surface area (Å²) in [6.07, 6.45) is 2.44. The van der Waals surface area contributed by atoms with Crippen molar-refractivity contribution in [2.24, 2.45) is 0 Å². The van der Waals surface area contributed by atoms with Crippen LogP contribution in [0.3, 0.4) is 0 Å². The first kappa shape index (κ1) is 19.0. The van der Waals surface area contributed by atoms with Gasteiger partial charge in [-0.25, -0.2) is 8.42 Å². The van der Waals surface area contributed by atoms with Gasteiger partial charge in [-0.05, 0) is 18.2 Å². The molecular weight excluding hydrogens is 416 g/mol. The topological polar surface area (TPSA) is 131 Å². The number of H-pyrrole nitrogens is 1. The van der Waals surface area contributed by atoms with Gasteiger partial charge in [0.25, 0.3) is 11.1 Å². The lowest BCUT2D eigenvalue weighted by Crippen LogP contribution is -2.16. The van der Waals surface area contributed by atoms with Crippen LogP contribution in [0.4, 0.5) is 5.82 Å². The van der Waals surface area contributed by atoms with Gasteiger partial charge >= 0.3 is 0 Å². The fraction of sp³-hybridized carbons (Fsp3) is 0.0556. The van der Waals surface area contributed by atoms with Gasteiger partial charge in [0.2, 0.25) is 9.84 Å². The molecule has 0 saturated heterocycles. The Morgan fingerprint density at radius 1 is 1.10 bits per heavy atom. The quantitative estimate of drug-likeness (QED) is 0.478. The zero-order valence-electron chi connectivity index (χ0n) is 14.9. The van der Waals surface area contributed by atoms with E-state index in [1.54, 1.807) is 36.4 Å². The maximum Gasteiger partial charge on any atom is 0.275 e. The van der Waals surface area contributed by atoms with E-state index in [2.05, 4.69) is 30.5 Å². The third-order valence-corrected chi connectivity index (χ3v) is 5.17. The molecule has 4 rings (SSSR count). The molecule has 0 spiro atoms. The summed E-state index contributed by atoms with van der Waals surface area (Å²) in [5, 5.41) is 9.80. The lowest BCUT2D eigenvalue weighted by molar-refractivity contribution is 0.102. The summed E-state index contributed by atoms with van der Waals surface area (Å²) in [6, 6.07) is 11.9. The van der Waals surface area contributed by atoms with Crippen LogP contribution < -0.4 is 5.32 Å². The van der Waals surface area contributed by atoms with Crippen LogP contribution in [0.1, 0.15) is 10.5 Å². The minimum atomic E-state index is -3.75. The fourth-order valence-electron chi connectivity index (χ4n) is 2.69. The first-order valence-corrected chi connectivity index (χ1v) is 10.5. The van der Waals surface area contributed by atoms with Crippen LogP contribution in [0.25, 0.3) is 22.3 Å². The van der Waals surface area contributed by atoms with Crippen molar-refractivity contribution in [1.82, 2.24) is 25.1 Å². The summed E-state index contributed by atoms with van der Waals surface area (Å²) in [6.45, 7) is 0. The number of carbonyl (C=O) groups is 1. The first-order valence-electron chi connectivity index (χ1n) is 8.28. The van der Waals surface area contributed by atoms with Gasteiger partial charge in [-0.3, -0.25) is 14.9 Å². The largest absolute Gasteiger partial charge is 0.304 e. The van der Waals surface area contributed by atoms with Crippen molar-refractivity contribution in [1.29, 1.82) is 0 Å². The Kier molecular flexibility index (Phi) is 4.73. The highest BCUT2D eigenvalue weighted by Crippen LogP contribution is 2.34. The first-order chi connectivity index (χ1) is 13.8. The van der Waals surface area contributed by atoms with E-state index in [0.717, 1.165) is 6.26 Å². The number of fused-ring (bicyclic) bond motifs is 1. The SMILES string of the molecule is CS(=O)(=O)c1nc(NC(=O)c2ccccn2)c2c(-c3ccccc3Cl)[nH]nc2n1. The van der Waals surface area contributed by atoms with E-state index in [9.17, 15) is 13.2 Å². The van der Waals surface area contributed by atoms with Crippen molar-refractivity contribution < 1.29 is 13.2 Å². The van der Waals surface area contributed by atoms with Crippen molar-refractivity contribution >= 4 is 44.2 Å². The molecule has 0 radical (unpaired) electrons. The van der Waals surface area contributed by atoms with Crippen molar-refractivity contribution in [3.63, 3.8) is 0 Å². The lowest BCUT2D eigenvalue weighted by atomic mass is 10.1. The third-order valence-electron chi connectivity index (χ3n) is 4.00. The zero-order valence-corrected chi connectivity index (χ0v) is 16.5. The number of pyridine rings is 1. The smallest absolute Gasteiger partial charge is 0.275 e. The molecule has 0 fully saturated rings. The predicted octanol–water partition coefficient (Wildman–Crippen LogP) is 2.72. The Labute approximate surface area is 170 Å². The molecule has 1 aromatic carbocycles. The predicted molar refractivity (Wildman–Crippen MR) is 107 cm³/mol. The van der Waals surface area contributed by atoms with Crippen molar-refractivity contribution in [3.05, 3.63) is 59.4 Å². The highest BCUT2D eigenvalue weighted by Gasteiger charge is 2.23. The number of anilines is 1. The summed E-state index contributed by atoms with van der Waals surface area (Å²) in [4.78, 5) is 24.7. The molecule has 9 nitrogen and oxygen atoms in total. The monoisotopic (exact) mass is 428 g/mol. The molecule has 0 aliphatic rings. The van der Waals surface area contributed by atoms with Crippen LogP contribution in [-0.2, 0) is 9.84 Å². The molecule has 1 amide bonds. The number of sulfone groups is 1. The molecule has 0 aliphatic carbocycles. The molecule has 29 heavy (non-hydrogen) atoms. The second-order valence-electron chi connectivity index (χ2n) is 6.07. The number of amides is 1. The number of benzene rings is 1. The maximum atomic E-state index is 12.6. The number of aromatic nitrogens is 5. The van der Waals surface area contributed by atoms with E-state index in [1.807, 2.05) is 0 Å². The van der Waals surface area contributed by atoms with Crippen LogP contribution in [-0.4, -0.2) is 45.7 Å². The summed E-state index contributed by atoms with van der Waals surface area (Å²) in [5.74, 6) is -0.578. The summed E-state index contributed by atoms with van der Waals surface area (Å²) < 4.78 is 24.0. The van der Waals surface area contributed by atoms with E-state index in [1.165, 1.54) is 12.3 Å². The number of nitrogens with one attached hydrogen (secondary N) is 2. The molecule has 11 heteroatoms. The number of nitrogens with zero attached hydrogens (tertiary/aromatic N) is 4. The molecule has 0 aliphatic heterocycles. The van der Waals surface area contributed by atoms with Gasteiger partial charge in [0.05, 0.1) is 11.1 Å². The Morgan fingerprint density at radius 2 is 1.86 bits per heavy atom. The fourth-order valence-corrected chi connectivity index (χ4v) is 3.43. The van der Waals surface area contributed by atoms with Gasteiger partial charge in [0, 0.05) is 23.0 Å². The van der Waals surface area contributed by atoms with Crippen molar-refractivity contribution in [3.8, 4) is 11.3 Å². The number of rotatable bonds is 4. The summed E-state index contributed by atoms with van der Waals surface area (Å²) in [7, 11) is -3.75. The van der Waals surface area contributed by atoms with Crippen molar-refractivity contribution in [2.75, 3.05) is 11.6 Å². The second kappa shape index (κ2) is 7.22. The van der Waals surface area contributed by atoms with Gasteiger partial charge in [0.1, 0.15) is 11.5 Å². The van der Waals surface area contributed by atoms with Crippen molar-refractivity contribution in [2.45, 2.75) is 5.16 Å². The molecule has 3 aromatic heterocycles. The Balaban J connectivity index is 1.93. The van der Waals surface area contributed by atoms with Gasteiger partial charge < -0.3 is 5.32 Å². The van der Waals surface area contributed by atoms with Crippen LogP contribution in [0.5, 0.6) is 0 Å². The number of halogens is 1. The van der Waals surface area contributed by atoms with E-state index >= 15 is 0 Å². The average molecular weight is 429 g/mol. The highest BCUT2D eigenvalue weighted by atomic mass is 35.5. The summed E-state index contributed by atoms with van der Waals surface area (Å²) >= 11 is 6.29. The molecular formula is C18H13ClN6O3S. The van der Waals surface area contributed by atoms with E-state index in [-0.39, 0.29) is 17.2 Å². The molecule has 4 aromatic rings. The Hall–Kier alpha value is -3.37. The van der Waals surface area contributed by atoms with Gasteiger partial charge in [0.15, 0.2) is 5.65 Å². The van der Waals surface area contributed by atoms with E-state index in [4.69, 9.17) is 11.6 Å². The highest BCUT2D eigenvalue weighted by molar-refractivity contribution is 7.90. The molecule has 0 saturated carbocycles. The number of hydrogen-bond acceptors (Lipinski definition) is 7.